The van der Waals surface area contributed by atoms with Gasteiger partial charge in [-0.05, 0) is 36.7 Å². The number of benzene rings is 2. The zero-order valence-corrected chi connectivity index (χ0v) is 28.7. The fourth-order valence-corrected chi connectivity index (χ4v) is 5.11. The van der Waals surface area contributed by atoms with Crippen molar-refractivity contribution in [1.29, 1.82) is 0 Å². The fraction of sp³-hybridized carbons (Fsp3) is 0.636. The van der Waals surface area contributed by atoms with Crippen LogP contribution in [0.4, 0.5) is 0 Å². The van der Waals surface area contributed by atoms with Crippen molar-refractivity contribution in [2.45, 2.75) is 77.4 Å². The molecule has 244 valence electrons. The fourth-order valence-electron chi connectivity index (χ4n) is 4.08. The summed E-state index contributed by atoms with van der Waals surface area (Å²) in [5.41, 5.74) is 2.14. The van der Waals surface area contributed by atoms with Gasteiger partial charge in [0.15, 0.2) is 21.9 Å². The Hall–Kier alpha value is -2.02. The molecule has 2 N–H and O–H groups in total. The van der Waals surface area contributed by atoms with Crippen LogP contribution in [0.25, 0.3) is 0 Å². The minimum Gasteiger partial charge on any atom is -0.467 e. The third-order valence-corrected chi connectivity index (χ3v) is 12.4. The maximum Gasteiger partial charge on any atom is 0.192 e. The lowest BCUT2D eigenvalue weighted by Gasteiger charge is -2.39. The highest BCUT2D eigenvalue weighted by Crippen LogP contribution is 2.36. The topological polar surface area (TPSA) is 88.7 Å². The van der Waals surface area contributed by atoms with E-state index in [1.807, 2.05) is 36.4 Å². The zero-order chi connectivity index (χ0) is 31.6. The highest BCUT2D eigenvalue weighted by molar-refractivity contribution is 6.74. The van der Waals surface area contributed by atoms with Crippen LogP contribution >= 0.6 is 0 Å². The maximum absolute atomic E-state index is 6.74. The van der Waals surface area contributed by atoms with Crippen molar-refractivity contribution in [3.05, 3.63) is 59.7 Å². The first-order valence-electron chi connectivity index (χ1n) is 15.3. The van der Waals surface area contributed by atoms with Crippen LogP contribution in [-0.2, 0) is 36.5 Å². The molecule has 0 aliphatic carbocycles. The van der Waals surface area contributed by atoms with Crippen LogP contribution in [0.3, 0.4) is 0 Å². The lowest BCUT2D eigenvalue weighted by atomic mass is 10.0. The molecule has 0 spiro atoms. The number of para-hydroxylation sites is 2. The average molecular weight is 621 g/mol. The normalized spacial score (nSPS) is 13.6. The Labute approximate surface area is 261 Å². The molecule has 0 aromatic heterocycles. The molecule has 0 fully saturated rings. The van der Waals surface area contributed by atoms with Gasteiger partial charge in [0.25, 0.3) is 0 Å². The molecule has 0 saturated heterocycles. The second kappa shape index (κ2) is 20.1. The van der Waals surface area contributed by atoms with Crippen LogP contribution in [0.5, 0.6) is 11.5 Å². The molecule has 2 aromatic carbocycles. The Morgan fingerprint density at radius 1 is 0.698 bits per heavy atom. The molecule has 0 heterocycles. The Morgan fingerprint density at radius 2 is 1.16 bits per heavy atom. The lowest BCUT2D eigenvalue weighted by molar-refractivity contribution is -0.00907. The van der Waals surface area contributed by atoms with Crippen molar-refractivity contribution in [2.24, 2.45) is 0 Å². The van der Waals surface area contributed by atoms with Crippen LogP contribution in [0.1, 0.15) is 45.2 Å². The molecule has 9 nitrogen and oxygen atoms in total. The van der Waals surface area contributed by atoms with Crippen molar-refractivity contribution in [3.63, 3.8) is 0 Å². The van der Waals surface area contributed by atoms with E-state index in [1.165, 1.54) is 0 Å². The molecule has 0 bridgehead atoms. The van der Waals surface area contributed by atoms with E-state index >= 15 is 0 Å². The standard InChI is InChI=1S/C33H56N2O7Si/c1-9-29(34-22-27-14-10-12-16-31(27)40-25-38-20-18-36-5)30(24-42-43(7,8)33(2,3)4)35-23-28-15-11-13-17-32(28)41-26-39-21-19-37-6/h10-17,29-30,34-35H,9,18-26H2,1-8H3/t29-,30-/m0/s1. The van der Waals surface area contributed by atoms with Crippen LogP contribution < -0.4 is 20.1 Å². The van der Waals surface area contributed by atoms with Gasteiger partial charge in [-0.3, -0.25) is 0 Å². The summed E-state index contributed by atoms with van der Waals surface area (Å²) in [7, 11) is 1.35. The van der Waals surface area contributed by atoms with E-state index in [9.17, 15) is 0 Å². The summed E-state index contributed by atoms with van der Waals surface area (Å²) in [6.07, 6.45) is 0.924. The molecule has 0 amide bonds. The van der Waals surface area contributed by atoms with Gasteiger partial charge in [-0.2, -0.15) is 0 Å². The molecular weight excluding hydrogens is 564 g/mol. The minimum absolute atomic E-state index is 0.0654. The van der Waals surface area contributed by atoms with E-state index in [0.29, 0.717) is 46.1 Å². The molecule has 0 unspecified atom stereocenters. The van der Waals surface area contributed by atoms with Crippen LogP contribution in [0, 0.1) is 0 Å². The number of rotatable bonds is 23. The van der Waals surface area contributed by atoms with Gasteiger partial charge in [0.2, 0.25) is 0 Å². The molecule has 10 heteroatoms. The Bertz CT molecular complexity index is 1020. The van der Waals surface area contributed by atoms with Gasteiger partial charge in [-0.15, -0.1) is 0 Å². The molecule has 43 heavy (non-hydrogen) atoms. The molecule has 0 radical (unpaired) electrons. The minimum atomic E-state index is -1.96. The molecule has 0 aliphatic heterocycles. The number of hydrogen-bond acceptors (Lipinski definition) is 9. The quantitative estimate of drug-likeness (QED) is 0.0918. The summed E-state index contributed by atoms with van der Waals surface area (Å²) in [4.78, 5) is 0. The number of hydrogen-bond donors (Lipinski definition) is 2. The first-order chi connectivity index (χ1) is 20.6. The van der Waals surface area contributed by atoms with Gasteiger partial charge in [0.1, 0.15) is 11.5 Å². The second-order valence-corrected chi connectivity index (χ2v) is 16.8. The predicted octanol–water partition coefficient (Wildman–Crippen LogP) is 5.73. The monoisotopic (exact) mass is 620 g/mol. The van der Waals surface area contributed by atoms with Gasteiger partial charge >= 0.3 is 0 Å². The van der Waals surface area contributed by atoms with Crippen LogP contribution in [-0.4, -0.2) is 81.2 Å². The average Bonchev–Trinajstić information content (AvgIpc) is 2.98. The largest absolute Gasteiger partial charge is 0.467 e. The molecule has 2 atom stereocenters. The van der Waals surface area contributed by atoms with Gasteiger partial charge in [0, 0.05) is 50.5 Å². The van der Waals surface area contributed by atoms with E-state index in [2.05, 4.69) is 63.6 Å². The van der Waals surface area contributed by atoms with Crippen LogP contribution in [0.15, 0.2) is 48.5 Å². The third-order valence-electron chi connectivity index (χ3n) is 7.87. The third kappa shape index (κ3) is 13.7. The highest BCUT2D eigenvalue weighted by atomic mass is 28.4. The predicted molar refractivity (Wildman–Crippen MR) is 174 cm³/mol. The first-order valence-corrected chi connectivity index (χ1v) is 18.2. The Balaban J connectivity index is 2.12. The van der Waals surface area contributed by atoms with Gasteiger partial charge in [-0.25, -0.2) is 0 Å². The van der Waals surface area contributed by atoms with E-state index in [4.69, 9.17) is 32.8 Å². The van der Waals surface area contributed by atoms with Crippen molar-refractivity contribution < 1.29 is 32.8 Å². The van der Waals surface area contributed by atoms with Gasteiger partial charge < -0.3 is 43.5 Å². The molecule has 0 aliphatic rings. The molecule has 0 saturated carbocycles. The SMILES string of the molecule is CC[C@H](NCc1ccccc1OCOCCOC)[C@H](CO[Si](C)(C)C(C)(C)C)NCc1ccccc1OCOCCOC. The Morgan fingerprint density at radius 3 is 1.60 bits per heavy atom. The lowest BCUT2D eigenvalue weighted by Crippen LogP contribution is -2.52. The summed E-state index contributed by atoms with van der Waals surface area (Å²) in [5, 5.41) is 7.71. The smallest absolute Gasteiger partial charge is 0.192 e. The van der Waals surface area contributed by atoms with E-state index in [-0.39, 0.29) is 30.7 Å². The Kier molecular flexibility index (Phi) is 17.4. The maximum atomic E-state index is 6.74. The summed E-state index contributed by atoms with van der Waals surface area (Å²) in [6.45, 7) is 17.9. The van der Waals surface area contributed by atoms with Crippen LogP contribution in [0.2, 0.25) is 18.1 Å². The summed E-state index contributed by atoms with van der Waals surface area (Å²) in [6, 6.07) is 16.4. The second-order valence-electron chi connectivity index (χ2n) is 12.0. The number of nitrogens with one attached hydrogen (secondary N) is 2. The van der Waals surface area contributed by atoms with Crippen molar-refractivity contribution in [1.82, 2.24) is 10.6 Å². The van der Waals surface area contributed by atoms with E-state index in [1.54, 1.807) is 14.2 Å². The van der Waals surface area contributed by atoms with Crippen molar-refractivity contribution >= 4 is 8.32 Å². The van der Waals surface area contributed by atoms with Gasteiger partial charge in [0.05, 0.1) is 33.0 Å². The van der Waals surface area contributed by atoms with Crippen molar-refractivity contribution in [2.75, 3.05) is 60.8 Å². The summed E-state index contributed by atoms with van der Waals surface area (Å²) < 4.78 is 39.8. The van der Waals surface area contributed by atoms with E-state index in [0.717, 1.165) is 29.0 Å². The zero-order valence-electron chi connectivity index (χ0n) is 27.7. The molecule has 2 aromatic rings. The van der Waals surface area contributed by atoms with Gasteiger partial charge in [-0.1, -0.05) is 64.1 Å². The van der Waals surface area contributed by atoms with E-state index < -0.39 is 8.32 Å². The summed E-state index contributed by atoms with van der Waals surface area (Å²) >= 11 is 0. The molecule has 2 rings (SSSR count). The number of methoxy groups -OCH3 is 2. The first kappa shape index (κ1) is 37.2. The van der Waals surface area contributed by atoms with Crippen molar-refractivity contribution in [3.8, 4) is 11.5 Å². The summed E-state index contributed by atoms with van der Waals surface area (Å²) in [5.74, 6) is 1.61. The molecular formula is C33H56N2O7Si. The highest BCUT2D eigenvalue weighted by Gasteiger charge is 2.38. The number of ether oxygens (including phenoxy) is 6.